The van der Waals surface area contributed by atoms with E-state index in [2.05, 4.69) is 6.07 Å². The number of nitrogens with zero attached hydrogens (tertiary/aromatic N) is 2. The minimum absolute atomic E-state index is 0.0750. The summed E-state index contributed by atoms with van der Waals surface area (Å²) in [6.07, 6.45) is 2.52. The SMILES string of the molecule is COC(=O)CCC(C#N)(CCC(=O)OC)c1ccc(OC)c2c1ccn2C. The summed E-state index contributed by atoms with van der Waals surface area (Å²) in [6, 6.07) is 7.91. The third-order valence-corrected chi connectivity index (χ3v) is 4.91. The molecule has 1 aromatic heterocycles. The topological polar surface area (TPSA) is 90.6 Å². The lowest BCUT2D eigenvalue weighted by atomic mass is 9.73. The number of ether oxygens (including phenoxy) is 3. The fourth-order valence-corrected chi connectivity index (χ4v) is 3.36. The largest absolute Gasteiger partial charge is 0.495 e. The zero-order chi connectivity index (χ0) is 20.0. The molecule has 0 spiro atoms. The van der Waals surface area contributed by atoms with Gasteiger partial charge < -0.3 is 18.8 Å². The number of benzene rings is 1. The molecule has 144 valence electrons. The lowest BCUT2D eigenvalue weighted by molar-refractivity contribution is -0.141. The van der Waals surface area contributed by atoms with Crippen molar-refractivity contribution in [2.75, 3.05) is 21.3 Å². The smallest absolute Gasteiger partial charge is 0.305 e. The van der Waals surface area contributed by atoms with E-state index in [4.69, 9.17) is 14.2 Å². The molecule has 0 amide bonds. The minimum atomic E-state index is -1.03. The van der Waals surface area contributed by atoms with Gasteiger partial charge >= 0.3 is 11.9 Å². The van der Waals surface area contributed by atoms with Gasteiger partial charge in [0.1, 0.15) is 5.75 Å². The Morgan fingerprint density at radius 1 is 1.07 bits per heavy atom. The molecule has 27 heavy (non-hydrogen) atoms. The molecule has 2 aromatic rings. The van der Waals surface area contributed by atoms with E-state index in [1.165, 1.54) is 14.2 Å². The van der Waals surface area contributed by atoms with Gasteiger partial charge in [0.25, 0.3) is 0 Å². The highest BCUT2D eigenvalue weighted by Gasteiger charge is 2.36. The number of hydrogen-bond donors (Lipinski definition) is 0. The molecule has 0 saturated carbocycles. The number of carbonyl (C=O) groups is 2. The predicted molar refractivity (Wildman–Crippen MR) is 99.3 cm³/mol. The Bertz CT molecular complexity index is 858. The first-order chi connectivity index (χ1) is 12.9. The average molecular weight is 372 g/mol. The van der Waals surface area contributed by atoms with Crippen LogP contribution in [0.5, 0.6) is 5.75 Å². The first-order valence-corrected chi connectivity index (χ1v) is 8.59. The number of aromatic nitrogens is 1. The van der Waals surface area contributed by atoms with Crippen molar-refractivity contribution in [3.8, 4) is 11.8 Å². The van der Waals surface area contributed by atoms with E-state index in [9.17, 15) is 14.9 Å². The minimum Gasteiger partial charge on any atom is -0.495 e. The molecule has 7 nitrogen and oxygen atoms in total. The van der Waals surface area contributed by atoms with Crippen LogP contribution in [-0.2, 0) is 31.5 Å². The highest BCUT2D eigenvalue weighted by Crippen LogP contribution is 2.41. The third kappa shape index (κ3) is 4.05. The normalized spacial score (nSPS) is 11.1. The number of esters is 2. The van der Waals surface area contributed by atoms with Crippen LogP contribution in [0.15, 0.2) is 24.4 Å². The summed E-state index contributed by atoms with van der Waals surface area (Å²) in [4.78, 5) is 23.4. The van der Waals surface area contributed by atoms with Crippen LogP contribution >= 0.6 is 0 Å². The van der Waals surface area contributed by atoms with Crippen molar-refractivity contribution in [3.63, 3.8) is 0 Å². The molecule has 0 bridgehead atoms. The second kappa shape index (κ2) is 8.58. The van der Waals surface area contributed by atoms with Gasteiger partial charge in [0.2, 0.25) is 0 Å². The van der Waals surface area contributed by atoms with Crippen LogP contribution in [0.1, 0.15) is 31.2 Å². The summed E-state index contributed by atoms with van der Waals surface area (Å²) in [7, 11) is 6.11. The summed E-state index contributed by atoms with van der Waals surface area (Å²) in [6.45, 7) is 0. The van der Waals surface area contributed by atoms with Crippen LogP contribution in [0.3, 0.4) is 0 Å². The first kappa shape index (κ1) is 20.3. The van der Waals surface area contributed by atoms with Gasteiger partial charge in [-0.05, 0) is 30.5 Å². The summed E-state index contributed by atoms with van der Waals surface area (Å²) in [5.74, 6) is -0.106. The van der Waals surface area contributed by atoms with Crippen molar-refractivity contribution < 1.29 is 23.8 Å². The van der Waals surface area contributed by atoms with Gasteiger partial charge in [-0.25, -0.2) is 0 Å². The van der Waals surface area contributed by atoms with Gasteiger partial charge in [0, 0.05) is 31.5 Å². The molecular formula is C20H24N2O5. The summed E-state index contributed by atoms with van der Waals surface area (Å²) in [5, 5.41) is 11.0. The van der Waals surface area contributed by atoms with E-state index in [0.717, 1.165) is 16.5 Å². The quantitative estimate of drug-likeness (QED) is 0.662. The lowest BCUT2D eigenvalue weighted by Crippen LogP contribution is -2.27. The molecule has 0 atom stereocenters. The highest BCUT2D eigenvalue weighted by atomic mass is 16.5. The van der Waals surface area contributed by atoms with Crippen molar-refractivity contribution in [2.24, 2.45) is 7.05 Å². The van der Waals surface area contributed by atoms with Gasteiger partial charge in [-0.3, -0.25) is 9.59 Å². The van der Waals surface area contributed by atoms with E-state index < -0.39 is 17.4 Å². The zero-order valence-corrected chi connectivity index (χ0v) is 16.1. The Hall–Kier alpha value is -3.01. The summed E-state index contributed by atoms with van der Waals surface area (Å²) < 4.78 is 16.8. The van der Waals surface area contributed by atoms with Gasteiger partial charge in [0.05, 0.1) is 38.3 Å². The number of hydrogen-bond acceptors (Lipinski definition) is 6. The maximum atomic E-state index is 11.7. The van der Waals surface area contributed by atoms with Gasteiger partial charge in [-0.2, -0.15) is 5.26 Å². The van der Waals surface area contributed by atoms with E-state index in [-0.39, 0.29) is 25.7 Å². The van der Waals surface area contributed by atoms with Gasteiger partial charge in [-0.1, -0.05) is 6.07 Å². The summed E-state index contributed by atoms with van der Waals surface area (Å²) in [5.41, 5.74) is 0.578. The van der Waals surface area contributed by atoms with Crippen LogP contribution in [0.25, 0.3) is 10.9 Å². The van der Waals surface area contributed by atoms with Crippen LogP contribution in [0.4, 0.5) is 0 Å². The van der Waals surface area contributed by atoms with Crippen molar-refractivity contribution >= 4 is 22.8 Å². The zero-order valence-electron chi connectivity index (χ0n) is 16.1. The monoisotopic (exact) mass is 372 g/mol. The van der Waals surface area contributed by atoms with E-state index in [1.54, 1.807) is 13.2 Å². The van der Waals surface area contributed by atoms with Crippen LogP contribution in [0.2, 0.25) is 0 Å². The Kier molecular flexibility index (Phi) is 6.45. The van der Waals surface area contributed by atoms with Crippen LogP contribution in [-0.4, -0.2) is 37.8 Å². The van der Waals surface area contributed by atoms with Crippen molar-refractivity contribution in [1.82, 2.24) is 4.57 Å². The molecule has 0 aliphatic rings. The number of rotatable bonds is 8. The number of nitriles is 1. The van der Waals surface area contributed by atoms with Crippen LogP contribution in [0, 0.1) is 11.3 Å². The molecular weight excluding hydrogens is 348 g/mol. The third-order valence-electron chi connectivity index (χ3n) is 4.91. The van der Waals surface area contributed by atoms with E-state index in [1.807, 2.05) is 29.9 Å². The fourth-order valence-electron chi connectivity index (χ4n) is 3.36. The number of aryl methyl sites for hydroxylation is 1. The maximum Gasteiger partial charge on any atom is 0.305 e. The second-order valence-electron chi connectivity index (χ2n) is 6.35. The molecule has 0 aliphatic heterocycles. The molecule has 0 aliphatic carbocycles. The Morgan fingerprint density at radius 2 is 1.67 bits per heavy atom. The Balaban J connectivity index is 2.58. The molecule has 1 heterocycles. The van der Waals surface area contributed by atoms with E-state index in [0.29, 0.717) is 5.75 Å². The molecule has 1 aromatic carbocycles. The average Bonchev–Trinajstić information content (AvgIpc) is 3.09. The molecule has 0 N–H and O–H groups in total. The Morgan fingerprint density at radius 3 is 2.15 bits per heavy atom. The number of fused-ring (bicyclic) bond motifs is 1. The lowest BCUT2D eigenvalue weighted by Gasteiger charge is -2.28. The van der Waals surface area contributed by atoms with Crippen LogP contribution < -0.4 is 4.74 Å². The molecule has 2 rings (SSSR count). The standard InChI is InChI=1S/C20H24N2O5/c1-22-12-9-14-15(5-6-16(25-2)19(14)22)20(13-21,10-7-17(23)26-3)11-8-18(24)27-4/h5-6,9,12H,7-8,10-11H2,1-4H3. The van der Waals surface area contributed by atoms with Gasteiger partial charge in [0.15, 0.2) is 0 Å². The molecule has 0 fully saturated rings. The Labute approximate surface area is 158 Å². The molecule has 0 radical (unpaired) electrons. The predicted octanol–water partition coefficient (Wildman–Crippen LogP) is 2.85. The molecule has 0 saturated heterocycles. The van der Waals surface area contributed by atoms with E-state index >= 15 is 0 Å². The second-order valence-corrected chi connectivity index (χ2v) is 6.35. The van der Waals surface area contributed by atoms with Crippen molar-refractivity contribution in [2.45, 2.75) is 31.1 Å². The summed E-state index contributed by atoms with van der Waals surface area (Å²) >= 11 is 0. The highest BCUT2D eigenvalue weighted by molar-refractivity contribution is 5.90. The van der Waals surface area contributed by atoms with Crippen molar-refractivity contribution in [1.29, 1.82) is 5.26 Å². The fraction of sp³-hybridized carbons (Fsp3) is 0.450. The molecule has 7 heteroatoms. The number of methoxy groups -OCH3 is 3. The maximum absolute atomic E-state index is 11.7. The first-order valence-electron chi connectivity index (χ1n) is 8.59. The van der Waals surface area contributed by atoms with Crippen molar-refractivity contribution in [3.05, 3.63) is 30.0 Å². The van der Waals surface area contributed by atoms with Gasteiger partial charge in [-0.15, -0.1) is 0 Å². The molecule has 0 unspecified atom stereocenters. The number of carbonyl (C=O) groups excluding carboxylic acids is 2.